The molecule has 2 fully saturated rings. The number of likely N-dealkylation sites (N-methyl/N-ethyl adjacent to an activating group) is 2. The number of halogens is 4. The number of ether oxygens (including phenoxy) is 2. The van der Waals surface area contributed by atoms with E-state index in [9.17, 15) is 42.3 Å². The Morgan fingerprint density at radius 1 is 0.812 bits per heavy atom. The van der Waals surface area contributed by atoms with Crippen LogP contribution in [-0.4, -0.2) is 133 Å². The number of hydrogen-bond donors (Lipinski definition) is 2. The molecule has 22 heteroatoms. The van der Waals surface area contributed by atoms with Crippen molar-refractivity contribution < 1.29 is 103 Å². The first-order valence-corrected chi connectivity index (χ1v) is 19.3. The Morgan fingerprint density at radius 2 is 1.31 bits per heavy atom. The average molecular weight is 968 g/mol. The van der Waals surface area contributed by atoms with E-state index in [0.29, 0.717) is 52.2 Å². The van der Waals surface area contributed by atoms with Crippen LogP contribution in [0.25, 0.3) is 22.6 Å². The van der Waals surface area contributed by atoms with Crippen LogP contribution in [0.2, 0.25) is 0 Å². The zero-order valence-corrected chi connectivity index (χ0v) is 39.6. The van der Waals surface area contributed by atoms with E-state index in [4.69, 9.17) is 4.74 Å². The van der Waals surface area contributed by atoms with Gasteiger partial charge in [0.15, 0.2) is 22.7 Å². The van der Waals surface area contributed by atoms with E-state index >= 15 is 0 Å². The number of likely N-dealkylation sites (tertiary alicyclic amines) is 2. The summed E-state index contributed by atoms with van der Waals surface area (Å²) in [6.07, 6.45) is 10.4. The number of esters is 2. The predicted octanol–water partition coefficient (Wildman–Crippen LogP) is 0.721. The fourth-order valence-corrected chi connectivity index (χ4v) is 6.43. The van der Waals surface area contributed by atoms with Gasteiger partial charge in [-0.2, -0.15) is 30.3 Å². The molecule has 8 rings (SSSR count). The van der Waals surface area contributed by atoms with E-state index in [1.165, 1.54) is 24.0 Å². The maximum absolute atomic E-state index is 12.1. The van der Waals surface area contributed by atoms with Crippen LogP contribution in [0.3, 0.4) is 0 Å². The summed E-state index contributed by atoms with van der Waals surface area (Å²) in [4.78, 5) is 66.6. The molecule has 0 saturated carbocycles. The molecule has 64 heavy (non-hydrogen) atoms. The molecule has 324 valence electrons. The largest absolute Gasteiger partial charge is 1.00 e. The SMILES string of the molecule is CN1CC[C@@](O)(C#Cc2c[c-]ccc2)C1=O.COC(=O)c1cn2ccnc2c(-c2cccc(C#C[C@]3(O)CCN(C)C3=O)c2)n1.COC(=O)c1cn2ccnc2c(Br)n1.FB(F)F.[K+]. The molecule has 6 heterocycles. The van der Waals surface area contributed by atoms with Crippen LogP contribution in [0.15, 0.2) is 90.3 Å². The van der Waals surface area contributed by atoms with Crippen LogP contribution >= 0.6 is 15.9 Å². The van der Waals surface area contributed by atoms with Crippen LogP contribution < -0.4 is 51.4 Å². The zero-order valence-electron chi connectivity index (χ0n) is 34.9. The number of amides is 2. The van der Waals surface area contributed by atoms with Crippen LogP contribution in [0.1, 0.15) is 44.9 Å². The third-order valence-corrected chi connectivity index (χ3v) is 9.72. The van der Waals surface area contributed by atoms with Gasteiger partial charge in [0.1, 0.15) is 10.3 Å². The van der Waals surface area contributed by atoms with Gasteiger partial charge in [-0.05, 0) is 28.1 Å². The summed E-state index contributed by atoms with van der Waals surface area (Å²) in [7, 11) is 2.25. The smallest absolute Gasteiger partial charge is 0.464 e. The Morgan fingerprint density at radius 3 is 1.81 bits per heavy atom. The second kappa shape index (κ2) is 23.0. The van der Waals surface area contributed by atoms with Crippen molar-refractivity contribution in [3.8, 4) is 34.9 Å². The van der Waals surface area contributed by atoms with Crippen LogP contribution in [0.4, 0.5) is 12.9 Å². The molecule has 2 aromatic carbocycles. The van der Waals surface area contributed by atoms with Crippen molar-refractivity contribution >= 4 is 58.5 Å². The van der Waals surface area contributed by atoms with Crippen molar-refractivity contribution in [3.63, 3.8) is 0 Å². The predicted molar refractivity (Wildman–Crippen MR) is 224 cm³/mol. The zero-order chi connectivity index (χ0) is 45.9. The minimum absolute atomic E-state index is 0. The van der Waals surface area contributed by atoms with Gasteiger partial charge >= 0.3 is 70.9 Å². The van der Waals surface area contributed by atoms with Crippen LogP contribution in [0.5, 0.6) is 0 Å². The van der Waals surface area contributed by atoms with Gasteiger partial charge in [-0.3, -0.25) is 22.5 Å². The second-order valence-corrected chi connectivity index (χ2v) is 14.2. The molecule has 0 bridgehead atoms. The van der Waals surface area contributed by atoms with Gasteiger partial charge < -0.3 is 38.3 Å². The Balaban J connectivity index is 0.000000217. The molecule has 2 N–H and O–H groups in total. The molecule has 4 aromatic heterocycles. The van der Waals surface area contributed by atoms with Gasteiger partial charge in [-0.25, -0.2) is 29.5 Å². The van der Waals surface area contributed by atoms with Crippen molar-refractivity contribution in [2.75, 3.05) is 41.4 Å². The fraction of sp³-hybridized carbons (Fsp3) is 0.238. The number of aliphatic hydroxyl groups is 2. The quantitative estimate of drug-likeness (QED) is 0.110. The van der Waals surface area contributed by atoms with Gasteiger partial charge in [0, 0.05) is 88.3 Å². The molecule has 0 radical (unpaired) electrons. The number of nitrogens with zero attached hydrogens (tertiary/aromatic N) is 8. The summed E-state index contributed by atoms with van der Waals surface area (Å²) in [5.74, 6) is 9.30. The average Bonchev–Trinajstić information content (AvgIpc) is 4.08. The van der Waals surface area contributed by atoms with Crippen molar-refractivity contribution in [2.45, 2.75) is 24.0 Å². The topological polar surface area (TPSA) is 194 Å². The van der Waals surface area contributed by atoms with Crippen LogP contribution in [-0.2, 0) is 19.1 Å². The molecule has 0 unspecified atom stereocenters. The van der Waals surface area contributed by atoms with E-state index < -0.39 is 36.6 Å². The molecule has 2 aliphatic rings. The number of aromatic nitrogens is 6. The molecule has 2 atom stereocenters. The van der Waals surface area contributed by atoms with Crippen molar-refractivity contribution in [1.29, 1.82) is 0 Å². The molecule has 2 saturated heterocycles. The van der Waals surface area contributed by atoms with E-state index in [0.717, 1.165) is 5.56 Å². The molecule has 6 aromatic rings. The first-order valence-electron chi connectivity index (χ1n) is 18.5. The third-order valence-electron chi connectivity index (χ3n) is 9.19. The number of fused-ring (bicyclic) bond motifs is 2. The maximum atomic E-state index is 12.1. The minimum atomic E-state index is -3.67. The molecular formula is C42H36BBrF3KN8O8. The number of benzene rings is 2. The summed E-state index contributed by atoms with van der Waals surface area (Å²) >= 11 is 3.22. The molecule has 2 aliphatic heterocycles. The van der Waals surface area contributed by atoms with Gasteiger partial charge in [-0.15, -0.1) is 5.92 Å². The standard InChI is InChI=1S/C21H18N4O4.C13H12NO2.C8H6BrN3O2.BF3.K/c1-24-10-8-21(28,20(24)27)7-6-14-4-3-5-15(12-14)17-18-22-9-11-25(18)13-16(23-17)19(26)29-2;1-14-10-9-13(16,12(14)15)8-7-11-5-3-2-4-6-11;1-14-8(13)5-4-12-3-2-10-7(12)6(9)11-5;2-1(3)4;/h3-5,9,11-13,28H,8,10H2,1-2H3;2-3,5-6,16H,9-10H2,1H3;2-4H,1H3;;/q;-1;;;+1/t21-;13-;;;/m00.../s1. The minimum Gasteiger partial charge on any atom is -0.464 e. The summed E-state index contributed by atoms with van der Waals surface area (Å²) in [5.41, 5.74) is 1.01. The molecule has 16 nitrogen and oxygen atoms in total. The summed E-state index contributed by atoms with van der Waals surface area (Å²) in [6.45, 7) is 1.01. The Bertz CT molecular complexity index is 2780. The first kappa shape index (κ1) is 51.2. The number of carbonyl (C=O) groups excluding carboxylic acids is 4. The monoisotopic (exact) mass is 966 g/mol. The van der Waals surface area contributed by atoms with E-state index in [1.54, 1.807) is 90.4 Å². The Kier molecular flexibility index (Phi) is 18.4. The van der Waals surface area contributed by atoms with Gasteiger partial charge in [0.05, 0.1) is 14.2 Å². The number of imidazole rings is 2. The van der Waals surface area contributed by atoms with Gasteiger partial charge in [0.25, 0.3) is 11.8 Å². The summed E-state index contributed by atoms with van der Waals surface area (Å²) < 4.78 is 42.3. The molecule has 0 spiro atoms. The van der Waals surface area contributed by atoms with Crippen molar-refractivity contribution in [3.05, 3.63) is 119 Å². The Hall–Kier alpha value is -5.43. The van der Waals surface area contributed by atoms with E-state index in [2.05, 4.69) is 70.4 Å². The second-order valence-electron chi connectivity index (χ2n) is 13.5. The van der Waals surface area contributed by atoms with Crippen molar-refractivity contribution in [1.82, 2.24) is 38.5 Å². The maximum Gasteiger partial charge on any atom is 1.00 e. The fourth-order valence-electron chi connectivity index (χ4n) is 5.93. The first-order chi connectivity index (χ1) is 30.0. The van der Waals surface area contributed by atoms with E-state index in [1.807, 2.05) is 18.2 Å². The summed E-state index contributed by atoms with van der Waals surface area (Å²) in [6, 6.07) is 17.2. The normalized spacial score (nSPS) is 17.2. The Labute approximate surface area is 416 Å². The third kappa shape index (κ3) is 12.9. The number of methoxy groups -OCH3 is 2. The van der Waals surface area contributed by atoms with E-state index in [-0.39, 0.29) is 75.1 Å². The molecular weight excluding hydrogens is 931 g/mol. The number of carbonyl (C=O) groups is 4. The van der Waals surface area contributed by atoms with Crippen LogP contribution in [0, 0.1) is 29.7 Å². The van der Waals surface area contributed by atoms with Gasteiger partial charge in [0.2, 0.25) is 11.2 Å². The number of rotatable bonds is 3. The number of hydrogen-bond acceptors (Lipinski definition) is 12. The van der Waals surface area contributed by atoms with Crippen molar-refractivity contribution in [2.24, 2.45) is 0 Å². The molecule has 0 aliphatic carbocycles. The van der Waals surface area contributed by atoms with Gasteiger partial charge in [-0.1, -0.05) is 35.5 Å². The summed E-state index contributed by atoms with van der Waals surface area (Å²) in [5, 5.41) is 20.5. The molecule has 2 amide bonds.